The van der Waals surface area contributed by atoms with E-state index in [0.29, 0.717) is 10.8 Å². The van der Waals surface area contributed by atoms with E-state index in [-0.39, 0.29) is 5.69 Å². The van der Waals surface area contributed by atoms with Gasteiger partial charge in [0.1, 0.15) is 11.5 Å². The number of rotatable bonds is 1. The van der Waals surface area contributed by atoms with Crippen molar-refractivity contribution in [1.29, 1.82) is 0 Å². The Bertz CT molecular complexity index is 645. The van der Waals surface area contributed by atoms with Gasteiger partial charge in [0.15, 0.2) is 0 Å². The van der Waals surface area contributed by atoms with Crippen molar-refractivity contribution in [3.05, 3.63) is 46.1 Å². The quantitative estimate of drug-likeness (QED) is 0.791. The van der Waals surface area contributed by atoms with E-state index in [1.165, 1.54) is 25.2 Å². The van der Waals surface area contributed by atoms with Gasteiger partial charge in [-0.3, -0.25) is 4.79 Å². The van der Waals surface area contributed by atoms with E-state index in [1.54, 1.807) is 0 Å². The molecule has 0 atom stereocenters. The van der Waals surface area contributed by atoms with Crippen molar-refractivity contribution in [2.24, 2.45) is 7.05 Å². The number of carboxylic acid groups (broad SMARTS) is 1. The molecule has 0 aliphatic carbocycles. The molecule has 5 heteroatoms. The molecule has 0 saturated carbocycles. The molecule has 0 radical (unpaired) electrons. The van der Waals surface area contributed by atoms with Gasteiger partial charge >= 0.3 is 5.97 Å². The molecule has 0 aliphatic rings. The molecule has 0 amide bonds. The first-order chi connectivity index (χ1) is 7.50. The van der Waals surface area contributed by atoms with E-state index in [9.17, 15) is 14.0 Å². The highest BCUT2D eigenvalue weighted by atomic mass is 19.1. The van der Waals surface area contributed by atoms with Crippen LogP contribution in [0.4, 0.5) is 4.39 Å². The van der Waals surface area contributed by atoms with Gasteiger partial charge in [-0.15, -0.1) is 0 Å². The van der Waals surface area contributed by atoms with Crippen molar-refractivity contribution < 1.29 is 14.3 Å². The predicted octanol–water partition coefficient (Wildman–Crippen LogP) is 1.38. The molecule has 16 heavy (non-hydrogen) atoms. The first-order valence-corrected chi connectivity index (χ1v) is 4.53. The fourth-order valence-corrected chi connectivity index (χ4v) is 1.59. The molecule has 0 unspecified atom stereocenters. The van der Waals surface area contributed by atoms with Crippen LogP contribution in [0.25, 0.3) is 10.8 Å². The molecule has 82 valence electrons. The summed E-state index contributed by atoms with van der Waals surface area (Å²) in [5.41, 5.74) is -0.613. The zero-order valence-electron chi connectivity index (χ0n) is 8.40. The maximum Gasteiger partial charge on any atom is 0.352 e. The van der Waals surface area contributed by atoms with Crippen molar-refractivity contribution in [2.75, 3.05) is 0 Å². The first-order valence-electron chi connectivity index (χ1n) is 4.53. The minimum atomic E-state index is -1.22. The van der Waals surface area contributed by atoms with Gasteiger partial charge in [0.25, 0.3) is 5.56 Å². The van der Waals surface area contributed by atoms with E-state index in [1.807, 2.05) is 0 Å². The smallest absolute Gasteiger partial charge is 0.352 e. The van der Waals surface area contributed by atoms with E-state index in [4.69, 9.17) is 5.11 Å². The Labute approximate surface area is 89.6 Å². The molecule has 4 nitrogen and oxygen atoms in total. The standard InChI is InChI=1S/C11H8FNO3/c1-13-9(11(15)16)5-6-4-7(12)2-3-8(6)10(13)14/h2-5H,1H3,(H,15,16). The molecule has 0 spiro atoms. The number of fused-ring (bicyclic) bond motifs is 1. The topological polar surface area (TPSA) is 59.3 Å². The van der Waals surface area contributed by atoms with Gasteiger partial charge in [-0.25, -0.2) is 9.18 Å². The lowest BCUT2D eigenvalue weighted by Crippen LogP contribution is -2.23. The minimum Gasteiger partial charge on any atom is -0.477 e. The lowest BCUT2D eigenvalue weighted by atomic mass is 10.1. The van der Waals surface area contributed by atoms with Crippen LogP contribution >= 0.6 is 0 Å². The number of aromatic carboxylic acids is 1. The number of aromatic nitrogens is 1. The van der Waals surface area contributed by atoms with Gasteiger partial charge in [-0.05, 0) is 29.7 Å². The third kappa shape index (κ3) is 1.46. The first kappa shape index (κ1) is 10.4. The van der Waals surface area contributed by atoms with E-state index >= 15 is 0 Å². The SMILES string of the molecule is Cn1c(C(=O)O)cc2cc(F)ccc2c1=O. The predicted molar refractivity (Wildman–Crippen MR) is 56.1 cm³/mol. The Morgan fingerprint density at radius 1 is 1.38 bits per heavy atom. The van der Waals surface area contributed by atoms with E-state index in [2.05, 4.69) is 0 Å². The molecule has 0 aliphatic heterocycles. The summed E-state index contributed by atoms with van der Waals surface area (Å²) < 4.78 is 14.0. The van der Waals surface area contributed by atoms with Crippen LogP contribution < -0.4 is 5.56 Å². The third-order valence-corrected chi connectivity index (χ3v) is 2.42. The monoisotopic (exact) mass is 221 g/mol. The summed E-state index contributed by atoms with van der Waals surface area (Å²) >= 11 is 0. The summed E-state index contributed by atoms with van der Waals surface area (Å²) in [6.45, 7) is 0. The summed E-state index contributed by atoms with van der Waals surface area (Å²) in [7, 11) is 1.37. The number of hydrogen-bond donors (Lipinski definition) is 1. The Kier molecular flexibility index (Phi) is 2.23. The molecule has 0 saturated heterocycles. The average molecular weight is 221 g/mol. The molecular formula is C11H8FNO3. The van der Waals surface area contributed by atoms with Crippen molar-refractivity contribution in [3.63, 3.8) is 0 Å². The number of carbonyl (C=O) groups is 1. The lowest BCUT2D eigenvalue weighted by molar-refractivity contribution is 0.0685. The summed E-state index contributed by atoms with van der Waals surface area (Å²) in [5.74, 6) is -1.72. The number of benzene rings is 1. The molecule has 2 rings (SSSR count). The highest BCUT2D eigenvalue weighted by molar-refractivity contribution is 5.92. The van der Waals surface area contributed by atoms with Crippen LogP contribution in [-0.4, -0.2) is 15.6 Å². The zero-order chi connectivity index (χ0) is 11.9. The van der Waals surface area contributed by atoms with Gasteiger partial charge in [0.05, 0.1) is 0 Å². The Balaban J connectivity index is 2.94. The normalized spacial score (nSPS) is 10.6. The second-order valence-corrected chi connectivity index (χ2v) is 3.43. The van der Waals surface area contributed by atoms with Crippen LogP contribution in [0.2, 0.25) is 0 Å². The summed E-state index contributed by atoms with van der Waals surface area (Å²) in [5, 5.41) is 9.46. The summed E-state index contributed by atoms with van der Waals surface area (Å²) in [6.07, 6.45) is 0. The average Bonchev–Trinajstić information content (AvgIpc) is 2.22. The Morgan fingerprint density at radius 2 is 2.06 bits per heavy atom. The number of nitrogens with zero attached hydrogens (tertiary/aromatic N) is 1. The molecule has 1 aromatic heterocycles. The summed E-state index contributed by atoms with van der Waals surface area (Å²) in [4.78, 5) is 22.6. The van der Waals surface area contributed by atoms with Crippen LogP contribution in [0.5, 0.6) is 0 Å². The maximum atomic E-state index is 12.9. The summed E-state index contributed by atoms with van der Waals surface area (Å²) in [6, 6.07) is 4.94. The van der Waals surface area contributed by atoms with Crippen LogP contribution in [0, 0.1) is 5.82 Å². The second-order valence-electron chi connectivity index (χ2n) is 3.43. The second kappa shape index (κ2) is 3.44. The fourth-order valence-electron chi connectivity index (χ4n) is 1.59. The number of carboxylic acids is 1. The number of pyridine rings is 1. The van der Waals surface area contributed by atoms with Crippen molar-refractivity contribution >= 4 is 16.7 Å². The van der Waals surface area contributed by atoms with Crippen molar-refractivity contribution in [1.82, 2.24) is 4.57 Å². The molecule has 1 aromatic carbocycles. The minimum absolute atomic E-state index is 0.164. The van der Waals surface area contributed by atoms with Crippen molar-refractivity contribution in [2.45, 2.75) is 0 Å². The Morgan fingerprint density at radius 3 is 2.69 bits per heavy atom. The molecule has 2 aromatic rings. The van der Waals surface area contributed by atoms with Gasteiger partial charge < -0.3 is 9.67 Å². The number of hydrogen-bond acceptors (Lipinski definition) is 2. The van der Waals surface area contributed by atoms with Crippen LogP contribution in [0.1, 0.15) is 10.5 Å². The molecular weight excluding hydrogens is 213 g/mol. The largest absolute Gasteiger partial charge is 0.477 e. The number of halogens is 1. The molecule has 0 fully saturated rings. The van der Waals surface area contributed by atoms with E-state index < -0.39 is 17.3 Å². The highest BCUT2D eigenvalue weighted by Gasteiger charge is 2.11. The maximum absolute atomic E-state index is 12.9. The van der Waals surface area contributed by atoms with E-state index in [0.717, 1.165) is 10.6 Å². The molecule has 1 heterocycles. The van der Waals surface area contributed by atoms with Crippen molar-refractivity contribution in [3.8, 4) is 0 Å². The molecule has 0 bridgehead atoms. The van der Waals surface area contributed by atoms with Gasteiger partial charge in [0.2, 0.25) is 0 Å². The zero-order valence-corrected chi connectivity index (χ0v) is 8.40. The third-order valence-electron chi connectivity index (χ3n) is 2.42. The Hall–Kier alpha value is -2.17. The molecule has 1 N–H and O–H groups in total. The lowest BCUT2D eigenvalue weighted by Gasteiger charge is -2.06. The van der Waals surface area contributed by atoms with Gasteiger partial charge in [0, 0.05) is 12.4 Å². The van der Waals surface area contributed by atoms with Crippen LogP contribution in [0.15, 0.2) is 29.1 Å². The van der Waals surface area contributed by atoms with Crippen LogP contribution in [0.3, 0.4) is 0 Å². The van der Waals surface area contributed by atoms with Gasteiger partial charge in [-0.2, -0.15) is 0 Å². The van der Waals surface area contributed by atoms with Crippen LogP contribution in [-0.2, 0) is 7.05 Å². The highest BCUT2D eigenvalue weighted by Crippen LogP contribution is 2.13. The fraction of sp³-hybridized carbons (Fsp3) is 0.0909. The van der Waals surface area contributed by atoms with Gasteiger partial charge in [-0.1, -0.05) is 0 Å².